The zero-order valence-electron chi connectivity index (χ0n) is 17.6. The molecule has 3 atom stereocenters. The molecule has 0 radical (unpaired) electrons. The summed E-state index contributed by atoms with van der Waals surface area (Å²) in [6.07, 6.45) is 1.37. The number of sulfone groups is 1. The van der Waals surface area contributed by atoms with E-state index in [0.29, 0.717) is 24.8 Å². The molecular formula is C21H29N3O5S. The van der Waals surface area contributed by atoms with Crippen LogP contribution in [0.3, 0.4) is 0 Å². The molecule has 164 valence electrons. The van der Waals surface area contributed by atoms with Gasteiger partial charge in [0.25, 0.3) is 5.91 Å². The molecule has 0 spiro atoms. The van der Waals surface area contributed by atoms with Crippen molar-refractivity contribution in [1.29, 1.82) is 0 Å². The Bertz CT molecular complexity index is 933. The number of benzene rings is 1. The minimum absolute atomic E-state index is 0.0496. The minimum atomic E-state index is -3.18. The highest BCUT2D eigenvalue weighted by Gasteiger charge is 2.52. The van der Waals surface area contributed by atoms with E-state index in [9.17, 15) is 22.8 Å². The van der Waals surface area contributed by atoms with Gasteiger partial charge in [0.2, 0.25) is 5.91 Å². The third-order valence-electron chi connectivity index (χ3n) is 6.22. The predicted molar refractivity (Wildman–Crippen MR) is 112 cm³/mol. The SMILES string of the molecule is CC[C@H](C)N(C(=O)CN1C(=O)N[C@](CC)(c2ccccc2)C1=O)[C@H]1CCS(=O)(=O)C1. The quantitative estimate of drug-likeness (QED) is 0.656. The van der Waals surface area contributed by atoms with Crippen LogP contribution in [0.1, 0.15) is 45.6 Å². The number of hydrogen-bond donors (Lipinski definition) is 1. The molecule has 0 unspecified atom stereocenters. The first-order valence-corrected chi connectivity index (χ1v) is 12.2. The van der Waals surface area contributed by atoms with Crippen LogP contribution in [-0.2, 0) is 25.0 Å². The summed E-state index contributed by atoms with van der Waals surface area (Å²) in [4.78, 5) is 41.6. The fraction of sp³-hybridized carbons (Fsp3) is 0.571. The highest BCUT2D eigenvalue weighted by molar-refractivity contribution is 7.91. The normalized spacial score (nSPS) is 26.5. The third-order valence-corrected chi connectivity index (χ3v) is 7.97. The number of imide groups is 1. The van der Waals surface area contributed by atoms with Crippen molar-refractivity contribution in [3.05, 3.63) is 35.9 Å². The van der Waals surface area contributed by atoms with Gasteiger partial charge in [0, 0.05) is 12.1 Å². The zero-order chi connectivity index (χ0) is 22.1. The maximum absolute atomic E-state index is 13.3. The first kappa shape index (κ1) is 22.3. The van der Waals surface area contributed by atoms with Crippen LogP contribution in [0.4, 0.5) is 4.79 Å². The summed E-state index contributed by atoms with van der Waals surface area (Å²) in [5.74, 6) is -0.896. The van der Waals surface area contributed by atoms with Gasteiger partial charge in [0.05, 0.1) is 11.5 Å². The number of hydrogen-bond acceptors (Lipinski definition) is 5. The summed E-state index contributed by atoms with van der Waals surface area (Å²) in [5.41, 5.74) is -0.530. The van der Waals surface area contributed by atoms with Crippen LogP contribution < -0.4 is 5.32 Å². The van der Waals surface area contributed by atoms with Crippen molar-refractivity contribution in [3.63, 3.8) is 0 Å². The standard InChI is InChI=1S/C21H29N3O5S/c1-4-15(3)24(17-11-12-30(28,29)14-17)18(25)13-23-19(26)21(5-2,22-20(23)27)16-9-7-6-8-10-16/h6-10,15,17H,4-5,11-14H2,1-3H3,(H,22,27)/t15-,17-,21+/m0/s1. The van der Waals surface area contributed by atoms with Crippen LogP contribution in [0.25, 0.3) is 0 Å². The summed E-state index contributed by atoms with van der Waals surface area (Å²) in [6.45, 7) is 5.18. The molecule has 1 aromatic carbocycles. The molecule has 9 heteroatoms. The molecule has 30 heavy (non-hydrogen) atoms. The highest BCUT2D eigenvalue weighted by atomic mass is 32.2. The fourth-order valence-corrected chi connectivity index (χ4v) is 6.06. The van der Waals surface area contributed by atoms with Crippen molar-refractivity contribution in [2.45, 2.75) is 57.7 Å². The molecule has 0 saturated carbocycles. The number of rotatable bonds is 7. The molecule has 0 aliphatic carbocycles. The third kappa shape index (κ3) is 3.95. The van der Waals surface area contributed by atoms with E-state index in [2.05, 4.69) is 5.32 Å². The maximum atomic E-state index is 13.3. The molecule has 0 aromatic heterocycles. The second kappa shape index (κ2) is 8.37. The van der Waals surface area contributed by atoms with Gasteiger partial charge in [-0.3, -0.25) is 14.5 Å². The first-order valence-electron chi connectivity index (χ1n) is 10.4. The Balaban J connectivity index is 1.84. The van der Waals surface area contributed by atoms with Gasteiger partial charge in [-0.05, 0) is 31.7 Å². The van der Waals surface area contributed by atoms with Crippen LogP contribution in [0.5, 0.6) is 0 Å². The Labute approximate surface area is 177 Å². The van der Waals surface area contributed by atoms with E-state index >= 15 is 0 Å². The molecule has 3 rings (SSSR count). The van der Waals surface area contributed by atoms with Gasteiger partial charge in [0.15, 0.2) is 9.84 Å². The molecular weight excluding hydrogens is 406 g/mol. The molecule has 2 fully saturated rings. The van der Waals surface area contributed by atoms with Crippen molar-refractivity contribution < 1.29 is 22.8 Å². The van der Waals surface area contributed by atoms with E-state index in [1.54, 1.807) is 29.2 Å². The first-order chi connectivity index (χ1) is 14.1. The number of urea groups is 1. The van der Waals surface area contributed by atoms with Gasteiger partial charge in [-0.15, -0.1) is 0 Å². The molecule has 4 amide bonds. The Morgan fingerprint density at radius 1 is 1.27 bits per heavy atom. The zero-order valence-corrected chi connectivity index (χ0v) is 18.4. The van der Waals surface area contributed by atoms with Gasteiger partial charge in [-0.1, -0.05) is 44.2 Å². The second-order valence-electron chi connectivity index (χ2n) is 8.06. The highest BCUT2D eigenvalue weighted by Crippen LogP contribution is 2.32. The van der Waals surface area contributed by atoms with Crippen molar-refractivity contribution in [1.82, 2.24) is 15.1 Å². The summed E-state index contributed by atoms with van der Waals surface area (Å²) >= 11 is 0. The van der Waals surface area contributed by atoms with Crippen molar-refractivity contribution in [3.8, 4) is 0 Å². The summed E-state index contributed by atoms with van der Waals surface area (Å²) < 4.78 is 23.9. The van der Waals surface area contributed by atoms with Crippen molar-refractivity contribution >= 4 is 27.7 Å². The van der Waals surface area contributed by atoms with Crippen molar-refractivity contribution in [2.24, 2.45) is 0 Å². The lowest BCUT2D eigenvalue weighted by Gasteiger charge is -2.34. The Kier molecular flexibility index (Phi) is 6.21. The maximum Gasteiger partial charge on any atom is 0.325 e. The van der Waals surface area contributed by atoms with E-state index < -0.39 is 45.8 Å². The van der Waals surface area contributed by atoms with E-state index in [-0.39, 0.29) is 17.5 Å². The van der Waals surface area contributed by atoms with Gasteiger partial charge < -0.3 is 10.2 Å². The lowest BCUT2D eigenvalue weighted by Crippen LogP contribution is -2.51. The van der Waals surface area contributed by atoms with Crippen LogP contribution in [0.2, 0.25) is 0 Å². The Hall–Kier alpha value is -2.42. The van der Waals surface area contributed by atoms with E-state index in [1.807, 2.05) is 26.8 Å². The van der Waals surface area contributed by atoms with Crippen LogP contribution in [0, 0.1) is 0 Å². The van der Waals surface area contributed by atoms with Gasteiger partial charge in [-0.25, -0.2) is 13.2 Å². The Morgan fingerprint density at radius 2 is 1.93 bits per heavy atom. The summed E-state index contributed by atoms with van der Waals surface area (Å²) in [5, 5.41) is 2.77. The molecule has 2 saturated heterocycles. The summed E-state index contributed by atoms with van der Waals surface area (Å²) in [6, 6.07) is 7.75. The number of carbonyl (C=O) groups excluding carboxylic acids is 3. The smallest absolute Gasteiger partial charge is 0.325 e. The number of carbonyl (C=O) groups is 3. The summed E-state index contributed by atoms with van der Waals surface area (Å²) in [7, 11) is -3.18. The predicted octanol–water partition coefficient (Wildman–Crippen LogP) is 1.66. The lowest BCUT2D eigenvalue weighted by molar-refractivity contribution is -0.141. The minimum Gasteiger partial charge on any atom is -0.334 e. The number of nitrogens with one attached hydrogen (secondary N) is 1. The molecule has 1 aromatic rings. The largest absolute Gasteiger partial charge is 0.334 e. The van der Waals surface area contributed by atoms with E-state index in [4.69, 9.17) is 0 Å². The van der Waals surface area contributed by atoms with Gasteiger partial charge >= 0.3 is 6.03 Å². The average Bonchev–Trinajstić information content (AvgIpc) is 3.20. The number of amides is 4. The van der Waals surface area contributed by atoms with E-state index in [1.165, 1.54) is 0 Å². The average molecular weight is 436 g/mol. The van der Waals surface area contributed by atoms with Gasteiger partial charge in [-0.2, -0.15) is 0 Å². The lowest BCUT2D eigenvalue weighted by atomic mass is 9.87. The number of nitrogens with zero attached hydrogens (tertiary/aromatic N) is 2. The van der Waals surface area contributed by atoms with E-state index in [0.717, 1.165) is 4.90 Å². The monoisotopic (exact) mass is 435 g/mol. The topological polar surface area (TPSA) is 104 Å². The molecule has 1 N–H and O–H groups in total. The molecule has 0 bridgehead atoms. The molecule has 2 heterocycles. The van der Waals surface area contributed by atoms with Gasteiger partial charge in [0.1, 0.15) is 12.1 Å². The fourth-order valence-electron chi connectivity index (χ4n) is 4.35. The van der Waals surface area contributed by atoms with Crippen molar-refractivity contribution in [2.75, 3.05) is 18.1 Å². The molecule has 2 aliphatic rings. The van der Waals surface area contributed by atoms with Crippen LogP contribution >= 0.6 is 0 Å². The second-order valence-corrected chi connectivity index (χ2v) is 10.3. The Morgan fingerprint density at radius 3 is 2.47 bits per heavy atom. The van der Waals surface area contributed by atoms with Crippen LogP contribution in [-0.4, -0.2) is 66.2 Å². The van der Waals surface area contributed by atoms with Crippen LogP contribution in [0.15, 0.2) is 30.3 Å². The molecule has 8 nitrogen and oxygen atoms in total. The molecule has 2 aliphatic heterocycles.